The van der Waals surface area contributed by atoms with Gasteiger partial charge in [-0.25, -0.2) is 0 Å². The van der Waals surface area contributed by atoms with Crippen LogP contribution in [0.2, 0.25) is 0 Å². The highest BCUT2D eigenvalue weighted by Gasteiger charge is 1.78. The molecule has 0 heterocycles. The summed E-state index contributed by atoms with van der Waals surface area (Å²) in [5.41, 5.74) is 0. The molecule has 0 aliphatic heterocycles. The summed E-state index contributed by atoms with van der Waals surface area (Å²) in [4.78, 5) is 9.70. The second kappa shape index (κ2) is 7.69. The van der Waals surface area contributed by atoms with Crippen LogP contribution in [0.3, 0.4) is 0 Å². The lowest BCUT2D eigenvalue weighted by molar-refractivity contribution is -0.109. The zero-order valence-corrected chi connectivity index (χ0v) is 7.94. The Morgan fingerprint density at radius 2 is 1.27 bits per heavy atom. The van der Waals surface area contributed by atoms with Gasteiger partial charge in [0.1, 0.15) is 0 Å². The highest BCUT2D eigenvalue weighted by atomic mass is 33.1. The quantitative estimate of drug-likeness (QED) is 0.495. The molecule has 3 heteroatoms. The lowest BCUT2D eigenvalue weighted by Crippen LogP contribution is -1.68. The minimum atomic E-state index is 0.0355. The van der Waals surface area contributed by atoms with Crippen LogP contribution in [0.5, 0.6) is 0 Å². The summed E-state index contributed by atoms with van der Waals surface area (Å²) in [6.07, 6.45) is 0. The molecule has 0 bridgehead atoms. The topological polar surface area (TPSA) is 17.1 Å². The smallest absolute Gasteiger partial charge is 0.196 e. The Balaban J connectivity index is 0.000000187. The Hall–Kier alpha value is -0.410. The van der Waals surface area contributed by atoms with E-state index in [-0.39, 0.29) is 5.12 Å². The molecule has 1 nitrogen and oxygen atoms in total. The van der Waals surface area contributed by atoms with E-state index in [1.807, 2.05) is 36.4 Å². The van der Waals surface area contributed by atoms with Gasteiger partial charge in [0.05, 0.1) is 0 Å². The van der Waals surface area contributed by atoms with Crippen LogP contribution in [-0.4, -0.2) is 5.12 Å². The van der Waals surface area contributed by atoms with Gasteiger partial charge in [0.15, 0.2) is 5.12 Å². The maximum Gasteiger partial charge on any atom is 0.196 e. The predicted molar refractivity (Wildman–Crippen MR) is 53.7 cm³/mol. The molecular formula is C8H10OS2. The van der Waals surface area contributed by atoms with Gasteiger partial charge in [-0.05, 0) is 10.8 Å². The molecule has 0 amide bonds. The third kappa shape index (κ3) is 9.59. The van der Waals surface area contributed by atoms with Gasteiger partial charge in [0.2, 0.25) is 0 Å². The highest BCUT2D eigenvalue weighted by molar-refractivity contribution is 8.74. The fourth-order valence-corrected chi connectivity index (χ4v) is 0.385. The van der Waals surface area contributed by atoms with E-state index < -0.39 is 0 Å². The van der Waals surface area contributed by atoms with Crippen LogP contribution in [0.4, 0.5) is 0 Å². The number of hydrogen-bond donors (Lipinski definition) is 1. The minimum absolute atomic E-state index is 0.0355. The van der Waals surface area contributed by atoms with E-state index in [1.54, 1.807) is 0 Å². The summed E-state index contributed by atoms with van der Waals surface area (Å²) in [5, 5.41) is 0.0355. The zero-order valence-electron chi connectivity index (χ0n) is 6.23. The molecule has 0 aromatic heterocycles. The van der Waals surface area contributed by atoms with Gasteiger partial charge in [-0.2, -0.15) is 0 Å². The van der Waals surface area contributed by atoms with Crippen molar-refractivity contribution in [3.05, 3.63) is 36.4 Å². The molecule has 0 aliphatic rings. The summed E-state index contributed by atoms with van der Waals surface area (Å²) in [6, 6.07) is 12.0. The second-order valence-corrected chi connectivity index (χ2v) is 3.04. The van der Waals surface area contributed by atoms with E-state index >= 15 is 0 Å². The predicted octanol–water partition coefficient (Wildman–Crippen LogP) is 2.80. The number of rotatable bonds is 0. The number of benzene rings is 1. The van der Waals surface area contributed by atoms with Crippen molar-refractivity contribution in [2.75, 3.05) is 0 Å². The van der Waals surface area contributed by atoms with Gasteiger partial charge in [-0.15, -0.1) is 11.7 Å². The van der Waals surface area contributed by atoms with Gasteiger partial charge < -0.3 is 0 Å². The zero-order chi connectivity index (χ0) is 8.53. The van der Waals surface area contributed by atoms with Crippen LogP contribution < -0.4 is 0 Å². The Morgan fingerprint density at radius 3 is 1.36 bits per heavy atom. The van der Waals surface area contributed by atoms with Gasteiger partial charge >= 0.3 is 0 Å². The van der Waals surface area contributed by atoms with E-state index in [0.29, 0.717) is 0 Å². The standard InChI is InChI=1S/C6H6.C2H4OS2/c1-2-4-6-5-3-1;1-2(3)5-4/h1-6H;4H,1H3. The van der Waals surface area contributed by atoms with E-state index in [1.165, 1.54) is 6.92 Å². The van der Waals surface area contributed by atoms with Crippen molar-refractivity contribution < 1.29 is 4.79 Å². The number of thiol groups is 1. The number of carbonyl (C=O) groups is 1. The van der Waals surface area contributed by atoms with E-state index in [9.17, 15) is 4.79 Å². The van der Waals surface area contributed by atoms with Crippen LogP contribution in [0, 0.1) is 0 Å². The number of hydrogen-bond acceptors (Lipinski definition) is 3. The van der Waals surface area contributed by atoms with Crippen LogP contribution in [-0.2, 0) is 4.79 Å². The van der Waals surface area contributed by atoms with Crippen LogP contribution >= 0.6 is 22.5 Å². The van der Waals surface area contributed by atoms with Crippen molar-refractivity contribution in [1.29, 1.82) is 0 Å². The molecule has 1 rings (SSSR count). The molecular weight excluding hydrogens is 176 g/mol. The fourth-order valence-electron chi connectivity index (χ4n) is 0.385. The Morgan fingerprint density at radius 1 is 1.09 bits per heavy atom. The maximum absolute atomic E-state index is 9.70. The Bertz CT molecular complexity index is 160. The van der Waals surface area contributed by atoms with Gasteiger partial charge in [0.25, 0.3) is 0 Å². The first-order valence-electron chi connectivity index (χ1n) is 3.09. The maximum atomic E-state index is 9.70. The third-order valence-electron chi connectivity index (χ3n) is 0.795. The van der Waals surface area contributed by atoms with Crippen molar-refractivity contribution in [2.45, 2.75) is 6.92 Å². The first-order chi connectivity index (χ1) is 5.27. The molecule has 0 saturated heterocycles. The Kier molecular flexibility index (Phi) is 7.41. The van der Waals surface area contributed by atoms with Gasteiger partial charge in [0, 0.05) is 6.92 Å². The molecule has 11 heavy (non-hydrogen) atoms. The van der Waals surface area contributed by atoms with E-state index in [2.05, 4.69) is 11.7 Å². The van der Waals surface area contributed by atoms with Crippen molar-refractivity contribution >= 4 is 27.6 Å². The van der Waals surface area contributed by atoms with Gasteiger partial charge in [-0.1, -0.05) is 36.4 Å². The summed E-state index contributed by atoms with van der Waals surface area (Å²) in [7, 11) is 0.935. The van der Waals surface area contributed by atoms with Crippen molar-refractivity contribution in [1.82, 2.24) is 0 Å². The number of carbonyl (C=O) groups excluding carboxylic acids is 1. The summed E-state index contributed by atoms with van der Waals surface area (Å²) in [6.45, 7) is 1.47. The van der Waals surface area contributed by atoms with Gasteiger partial charge in [-0.3, -0.25) is 4.79 Å². The van der Waals surface area contributed by atoms with Crippen LogP contribution in [0.25, 0.3) is 0 Å². The SMILES string of the molecule is CC(=O)SS.c1ccccc1. The van der Waals surface area contributed by atoms with E-state index in [4.69, 9.17) is 0 Å². The average molecular weight is 186 g/mol. The molecule has 0 spiro atoms. The molecule has 0 aliphatic carbocycles. The molecule has 0 radical (unpaired) electrons. The molecule has 0 unspecified atom stereocenters. The van der Waals surface area contributed by atoms with Crippen LogP contribution in [0.15, 0.2) is 36.4 Å². The second-order valence-electron chi connectivity index (χ2n) is 1.74. The third-order valence-corrected chi connectivity index (χ3v) is 1.82. The minimum Gasteiger partial charge on any atom is -0.287 e. The highest BCUT2D eigenvalue weighted by Crippen LogP contribution is 2.03. The molecule has 1 aromatic carbocycles. The molecule has 0 fully saturated rings. The Labute approximate surface area is 76.0 Å². The molecule has 0 N–H and O–H groups in total. The summed E-state index contributed by atoms with van der Waals surface area (Å²) >= 11 is 3.58. The van der Waals surface area contributed by atoms with Crippen LogP contribution in [0.1, 0.15) is 6.92 Å². The molecule has 1 aromatic rings. The lowest BCUT2D eigenvalue weighted by Gasteiger charge is -1.70. The van der Waals surface area contributed by atoms with E-state index in [0.717, 1.165) is 10.8 Å². The molecule has 0 atom stereocenters. The monoisotopic (exact) mass is 186 g/mol. The first-order valence-corrected chi connectivity index (χ1v) is 4.96. The van der Waals surface area contributed by atoms with Crippen molar-refractivity contribution in [3.63, 3.8) is 0 Å². The van der Waals surface area contributed by atoms with Crippen molar-refractivity contribution in [3.8, 4) is 0 Å². The normalized spacial score (nSPS) is 7.82. The van der Waals surface area contributed by atoms with Crippen molar-refractivity contribution in [2.24, 2.45) is 0 Å². The largest absolute Gasteiger partial charge is 0.287 e. The first kappa shape index (κ1) is 10.6. The fraction of sp³-hybridized carbons (Fsp3) is 0.125. The summed E-state index contributed by atoms with van der Waals surface area (Å²) < 4.78 is 0. The average Bonchev–Trinajstić information content (AvgIpc) is 2.09. The summed E-state index contributed by atoms with van der Waals surface area (Å²) in [5.74, 6) is 0. The molecule has 0 saturated carbocycles. The molecule has 60 valence electrons. The lowest BCUT2D eigenvalue weighted by atomic mass is 10.4.